The number of anilines is 1. The third-order valence-electron chi connectivity index (χ3n) is 3.41. The quantitative estimate of drug-likeness (QED) is 0.870. The van der Waals surface area contributed by atoms with Crippen molar-refractivity contribution in [3.63, 3.8) is 0 Å². The minimum Gasteiger partial charge on any atom is -0.385 e. The Morgan fingerprint density at radius 3 is 2.95 bits per heavy atom. The van der Waals surface area contributed by atoms with E-state index in [0.717, 1.165) is 5.69 Å². The van der Waals surface area contributed by atoms with E-state index in [9.17, 15) is 4.79 Å². The number of halogens is 1. The molecule has 0 aliphatic carbocycles. The number of rotatable bonds is 5. The molecule has 1 aromatic rings. The standard InChI is InChI=1S/C14H16ClN3O2/c1-20-5-4-14(7-13(19)17-9-14)18-11-3-2-10(8-16)12(15)6-11/h2-3,6,18H,4-5,7,9H2,1H3,(H,17,19)/t14-/m0/s1. The highest BCUT2D eigenvalue weighted by Crippen LogP contribution is 2.28. The molecule has 0 aromatic heterocycles. The van der Waals surface area contributed by atoms with Gasteiger partial charge >= 0.3 is 0 Å². The maximum absolute atomic E-state index is 11.5. The van der Waals surface area contributed by atoms with Crippen LogP contribution >= 0.6 is 11.6 Å². The zero-order valence-electron chi connectivity index (χ0n) is 11.2. The Morgan fingerprint density at radius 2 is 2.40 bits per heavy atom. The number of methoxy groups -OCH3 is 1. The van der Waals surface area contributed by atoms with Crippen LogP contribution in [-0.4, -0.2) is 31.7 Å². The molecule has 1 aromatic carbocycles. The second-order valence-electron chi connectivity index (χ2n) is 4.91. The molecule has 1 amide bonds. The highest BCUT2D eigenvalue weighted by atomic mass is 35.5. The van der Waals surface area contributed by atoms with E-state index in [1.807, 2.05) is 6.07 Å². The molecular formula is C14H16ClN3O2. The Morgan fingerprint density at radius 1 is 1.60 bits per heavy atom. The molecule has 106 valence electrons. The van der Waals surface area contributed by atoms with Gasteiger partial charge in [0.25, 0.3) is 0 Å². The van der Waals surface area contributed by atoms with Crippen molar-refractivity contribution in [3.05, 3.63) is 28.8 Å². The maximum Gasteiger partial charge on any atom is 0.222 e. The lowest BCUT2D eigenvalue weighted by Crippen LogP contribution is -2.41. The molecule has 2 N–H and O–H groups in total. The maximum atomic E-state index is 11.5. The van der Waals surface area contributed by atoms with E-state index in [4.69, 9.17) is 21.6 Å². The lowest BCUT2D eigenvalue weighted by molar-refractivity contribution is -0.119. The molecule has 6 heteroatoms. The molecule has 0 radical (unpaired) electrons. The Kier molecular flexibility index (Phi) is 4.48. The normalized spacial score (nSPS) is 21.4. The number of carbonyl (C=O) groups excluding carboxylic acids is 1. The van der Waals surface area contributed by atoms with Crippen molar-refractivity contribution in [2.24, 2.45) is 0 Å². The molecule has 20 heavy (non-hydrogen) atoms. The Balaban J connectivity index is 2.18. The molecule has 0 bridgehead atoms. The van der Waals surface area contributed by atoms with Gasteiger partial charge in [0.15, 0.2) is 0 Å². The highest BCUT2D eigenvalue weighted by molar-refractivity contribution is 6.32. The van der Waals surface area contributed by atoms with Crippen molar-refractivity contribution in [2.45, 2.75) is 18.4 Å². The number of amides is 1. The first-order chi connectivity index (χ1) is 9.58. The van der Waals surface area contributed by atoms with Crippen LogP contribution in [0.5, 0.6) is 0 Å². The minimum atomic E-state index is -0.370. The Bertz CT molecular complexity index is 556. The number of hydrogen-bond acceptors (Lipinski definition) is 4. The van der Waals surface area contributed by atoms with E-state index in [0.29, 0.717) is 36.6 Å². The predicted octanol–water partition coefficient (Wildman–Crippen LogP) is 1.92. The van der Waals surface area contributed by atoms with Crippen LogP contribution in [0.15, 0.2) is 18.2 Å². The van der Waals surface area contributed by atoms with Crippen molar-refractivity contribution >= 4 is 23.2 Å². The van der Waals surface area contributed by atoms with Crippen molar-refractivity contribution < 1.29 is 9.53 Å². The van der Waals surface area contributed by atoms with Gasteiger partial charge in [0.2, 0.25) is 5.91 Å². The molecule has 0 saturated carbocycles. The summed E-state index contributed by atoms with van der Waals surface area (Å²) in [6, 6.07) is 7.19. The van der Waals surface area contributed by atoms with Crippen LogP contribution in [-0.2, 0) is 9.53 Å². The van der Waals surface area contributed by atoms with Gasteiger partial charge in [0.05, 0.1) is 22.5 Å². The first-order valence-electron chi connectivity index (χ1n) is 6.32. The SMILES string of the molecule is COCC[C@@]1(Nc2ccc(C#N)c(Cl)c2)CNC(=O)C1. The summed E-state index contributed by atoms with van der Waals surface area (Å²) in [7, 11) is 1.64. The van der Waals surface area contributed by atoms with Crippen LogP contribution in [0.4, 0.5) is 5.69 Å². The van der Waals surface area contributed by atoms with E-state index in [1.54, 1.807) is 25.3 Å². The first-order valence-corrected chi connectivity index (χ1v) is 6.70. The predicted molar refractivity (Wildman–Crippen MR) is 76.6 cm³/mol. The van der Waals surface area contributed by atoms with Crippen molar-refractivity contribution in [3.8, 4) is 6.07 Å². The summed E-state index contributed by atoms with van der Waals surface area (Å²) in [4.78, 5) is 11.5. The Labute approximate surface area is 122 Å². The van der Waals surface area contributed by atoms with Crippen LogP contribution in [0.25, 0.3) is 0 Å². The number of nitrogens with one attached hydrogen (secondary N) is 2. The van der Waals surface area contributed by atoms with E-state index in [-0.39, 0.29) is 11.4 Å². The smallest absolute Gasteiger partial charge is 0.222 e. The van der Waals surface area contributed by atoms with Crippen LogP contribution in [0, 0.1) is 11.3 Å². The number of benzene rings is 1. The zero-order valence-corrected chi connectivity index (χ0v) is 12.0. The molecule has 1 aliphatic rings. The van der Waals surface area contributed by atoms with Crippen LogP contribution in [0.3, 0.4) is 0 Å². The third kappa shape index (κ3) is 3.21. The first kappa shape index (κ1) is 14.6. The number of hydrogen-bond donors (Lipinski definition) is 2. The third-order valence-corrected chi connectivity index (χ3v) is 3.72. The van der Waals surface area contributed by atoms with Crippen molar-refractivity contribution in [1.82, 2.24) is 5.32 Å². The molecule has 5 nitrogen and oxygen atoms in total. The van der Waals surface area contributed by atoms with Gasteiger partial charge in [-0.3, -0.25) is 4.79 Å². The molecule has 0 unspecified atom stereocenters. The van der Waals surface area contributed by atoms with E-state index < -0.39 is 0 Å². The molecular weight excluding hydrogens is 278 g/mol. The number of carbonyl (C=O) groups is 1. The second kappa shape index (κ2) is 6.12. The molecule has 1 heterocycles. The summed E-state index contributed by atoms with van der Waals surface area (Å²) < 4.78 is 5.11. The van der Waals surface area contributed by atoms with Gasteiger partial charge in [-0.1, -0.05) is 11.6 Å². The topological polar surface area (TPSA) is 74.2 Å². The number of ether oxygens (including phenoxy) is 1. The van der Waals surface area contributed by atoms with E-state index >= 15 is 0 Å². The highest BCUT2D eigenvalue weighted by Gasteiger charge is 2.38. The van der Waals surface area contributed by atoms with Gasteiger partial charge in [-0.2, -0.15) is 5.26 Å². The number of nitriles is 1. The fourth-order valence-electron chi connectivity index (χ4n) is 2.31. The molecule has 2 rings (SSSR count). The lowest BCUT2D eigenvalue weighted by atomic mass is 9.93. The van der Waals surface area contributed by atoms with Crippen LogP contribution in [0.2, 0.25) is 5.02 Å². The largest absolute Gasteiger partial charge is 0.385 e. The monoisotopic (exact) mass is 293 g/mol. The average molecular weight is 294 g/mol. The van der Waals surface area contributed by atoms with Gasteiger partial charge < -0.3 is 15.4 Å². The average Bonchev–Trinajstić information content (AvgIpc) is 2.78. The molecule has 1 atom stereocenters. The van der Waals surface area contributed by atoms with Crippen LogP contribution in [0.1, 0.15) is 18.4 Å². The lowest BCUT2D eigenvalue weighted by Gasteiger charge is -2.29. The minimum absolute atomic E-state index is 0.0216. The van der Waals surface area contributed by atoms with Crippen LogP contribution < -0.4 is 10.6 Å². The second-order valence-corrected chi connectivity index (χ2v) is 5.32. The summed E-state index contributed by atoms with van der Waals surface area (Å²) in [5.74, 6) is 0.0216. The van der Waals surface area contributed by atoms with Gasteiger partial charge in [0, 0.05) is 25.9 Å². The summed E-state index contributed by atoms with van der Waals surface area (Å²) in [6.07, 6.45) is 1.11. The van der Waals surface area contributed by atoms with Crippen molar-refractivity contribution in [2.75, 3.05) is 25.6 Å². The summed E-state index contributed by atoms with van der Waals surface area (Å²) in [5.41, 5.74) is 0.857. The molecule has 1 fully saturated rings. The van der Waals surface area contributed by atoms with Gasteiger partial charge in [-0.05, 0) is 24.6 Å². The molecule has 1 aliphatic heterocycles. The fourth-order valence-corrected chi connectivity index (χ4v) is 2.54. The zero-order chi connectivity index (χ0) is 14.6. The molecule has 0 spiro atoms. The Hall–Kier alpha value is -1.77. The summed E-state index contributed by atoms with van der Waals surface area (Å²) in [5, 5.41) is 15.5. The number of nitrogens with zero attached hydrogens (tertiary/aromatic N) is 1. The van der Waals surface area contributed by atoms with Gasteiger partial charge in [0.1, 0.15) is 6.07 Å². The summed E-state index contributed by atoms with van der Waals surface area (Å²) in [6.45, 7) is 1.11. The molecule has 1 saturated heterocycles. The fraction of sp³-hybridized carbons (Fsp3) is 0.429. The van der Waals surface area contributed by atoms with Gasteiger partial charge in [-0.15, -0.1) is 0 Å². The van der Waals surface area contributed by atoms with E-state index in [1.165, 1.54) is 0 Å². The van der Waals surface area contributed by atoms with Crippen molar-refractivity contribution in [1.29, 1.82) is 5.26 Å². The summed E-state index contributed by atoms with van der Waals surface area (Å²) >= 11 is 6.02. The van der Waals surface area contributed by atoms with E-state index in [2.05, 4.69) is 10.6 Å². The van der Waals surface area contributed by atoms with Gasteiger partial charge in [-0.25, -0.2) is 0 Å².